The Hall–Kier alpha value is -2.66. The molecule has 0 spiro atoms. The third kappa shape index (κ3) is 3.55. The number of aliphatic hydroxyl groups excluding tert-OH is 1. The molecule has 4 aromatic rings. The van der Waals surface area contributed by atoms with Crippen molar-refractivity contribution in [3.05, 3.63) is 93.5 Å². The number of benzene rings is 3. The second-order valence-electron chi connectivity index (χ2n) is 7.70. The maximum atomic E-state index is 10.9. The Labute approximate surface area is 194 Å². The predicted octanol–water partition coefficient (Wildman–Crippen LogP) is 6.84. The van der Waals surface area contributed by atoms with Crippen LogP contribution >= 0.6 is 27.5 Å². The molecule has 1 unspecified atom stereocenters. The number of aliphatic hydroxyl groups is 1. The molecule has 0 fully saturated rings. The van der Waals surface area contributed by atoms with Gasteiger partial charge in [-0.15, -0.1) is 0 Å². The number of pyridine rings is 1. The molecule has 3 nitrogen and oxygen atoms in total. The zero-order valence-corrected chi connectivity index (χ0v) is 18.9. The van der Waals surface area contributed by atoms with Crippen molar-refractivity contribution in [3.63, 3.8) is 0 Å². The van der Waals surface area contributed by atoms with Crippen molar-refractivity contribution in [2.24, 2.45) is 0 Å². The molecule has 1 aromatic heterocycles. The summed E-state index contributed by atoms with van der Waals surface area (Å²) in [5.74, 6) is 0.0816. The predicted molar refractivity (Wildman–Crippen MR) is 128 cm³/mol. The highest BCUT2D eigenvalue weighted by atomic mass is 79.9. The van der Waals surface area contributed by atoms with E-state index in [4.69, 9.17) is 11.6 Å². The number of hydrogen-bond donors (Lipinski definition) is 2. The molecule has 1 aliphatic carbocycles. The number of nitrogens with zero attached hydrogens (tertiary/aromatic N) is 1. The van der Waals surface area contributed by atoms with Gasteiger partial charge in [-0.05, 0) is 64.6 Å². The molecule has 1 atom stereocenters. The Morgan fingerprint density at radius 2 is 1.71 bits per heavy atom. The number of hydrogen-bond acceptors (Lipinski definition) is 3. The zero-order chi connectivity index (χ0) is 21.5. The monoisotopic (exact) mass is 491 g/mol. The van der Waals surface area contributed by atoms with Gasteiger partial charge in [0.05, 0.1) is 17.3 Å². The molecule has 0 saturated carbocycles. The van der Waals surface area contributed by atoms with Crippen LogP contribution < -0.4 is 0 Å². The van der Waals surface area contributed by atoms with Crippen LogP contribution in [0.5, 0.6) is 5.75 Å². The lowest BCUT2D eigenvalue weighted by Crippen LogP contribution is -2.17. The van der Waals surface area contributed by atoms with Crippen LogP contribution in [0.4, 0.5) is 0 Å². The summed E-state index contributed by atoms with van der Waals surface area (Å²) in [6, 6.07) is 21.6. The second-order valence-corrected chi connectivity index (χ2v) is 9.06. The first kappa shape index (κ1) is 20.3. The fourth-order valence-corrected chi connectivity index (χ4v) is 4.89. The topological polar surface area (TPSA) is 53.4 Å². The molecule has 0 amide bonds. The first-order chi connectivity index (χ1) is 15.1. The van der Waals surface area contributed by atoms with Gasteiger partial charge in [0.15, 0.2) is 0 Å². The van der Waals surface area contributed by atoms with Gasteiger partial charge in [0.25, 0.3) is 0 Å². The minimum Gasteiger partial charge on any atom is -0.507 e. The van der Waals surface area contributed by atoms with Crippen LogP contribution in [0.25, 0.3) is 33.5 Å². The van der Waals surface area contributed by atoms with E-state index in [9.17, 15) is 10.2 Å². The summed E-state index contributed by atoms with van der Waals surface area (Å²) in [4.78, 5) is 4.50. The minimum absolute atomic E-state index is 0.0121. The van der Waals surface area contributed by atoms with Crippen LogP contribution in [-0.4, -0.2) is 21.8 Å². The van der Waals surface area contributed by atoms with E-state index in [1.54, 1.807) is 12.3 Å². The van der Waals surface area contributed by atoms with Crippen LogP contribution in [-0.2, 0) is 6.42 Å². The summed E-state index contributed by atoms with van der Waals surface area (Å²) in [5, 5.41) is 21.8. The number of phenolic OH excluding ortho intramolecular Hbond substituents is 1. The molecular weight excluding hydrogens is 474 g/mol. The number of halogens is 2. The van der Waals surface area contributed by atoms with Gasteiger partial charge in [-0.25, -0.2) is 0 Å². The molecule has 1 heterocycles. The molecule has 31 heavy (non-hydrogen) atoms. The van der Waals surface area contributed by atoms with Crippen LogP contribution in [0.3, 0.4) is 0 Å². The quantitative estimate of drug-likeness (QED) is 0.329. The van der Waals surface area contributed by atoms with Crippen molar-refractivity contribution in [2.45, 2.75) is 12.3 Å². The van der Waals surface area contributed by atoms with E-state index in [-0.39, 0.29) is 18.3 Å². The standard InChI is InChI=1S/C26H19BrClNO2/c27-17-6-4-15(5-7-17)19-9-11-24(31)26-21-3-1-2-20(23-10-8-18(28)13-29-23)22(21)12-16(14-30)25(19)26/h1-11,13,16,30-31H,12,14H2. The third-order valence-corrected chi connectivity index (χ3v) is 6.66. The van der Waals surface area contributed by atoms with Crippen LogP contribution in [0, 0.1) is 0 Å². The molecule has 2 N–H and O–H groups in total. The largest absolute Gasteiger partial charge is 0.507 e. The molecule has 1 aliphatic rings. The summed E-state index contributed by atoms with van der Waals surface area (Å²) in [7, 11) is 0. The summed E-state index contributed by atoms with van der Waals surface area (Å²) >= 11 is 9.52. The van der Waals surface area contributed by atoms with Crippen molar-refractivity contribution < 1.29 is 10.2 Å². The van der Waals surface area contributed by atoms with Crippen LogP contribution in [0.15, 0.2) is 77.4 Å². The lowest BCUT2D eigenvalue weighted by Gasteiger charge is -2.31. The highest BCUT2D eigenvalue weighted by Crippen LogP contribution is 2.50. The summed E-state index contributed by atoms with van der Waals surface area (Å²) < 4.78 is 1.01. The Balaban J connectivity index is 1.76. The molecule has 3 aromatic carbocycles. The summed E-state index contributed by atoms with van der Waals surface area (Å²) in [5.41, 5.74) is 7.72. The highest BCUT2D eigenvalue weighted by molar-refractivity contribution is 9.10. The van der Waals surface area contributed by atoms with Gasteiger partial charge in [0, 0.05) is 27.7 Å². The molecule has 0 bridgehead atoms. The van der Waals surface area contributed by atoms with Crippen molar-refractivity contribution in [1.29, 1.82) is 0 Å². The number of aromatic hydroxyl groups is 1. The third-order valence-electron chi connectivity index (χ3n) is 5.91. The van der Waals surface area contributed by atoms with Gasteiger partial charge < -0.3 is 10.2 Å². The smallest absolute Gasteiger partial charge is 0.123 e. The van der Waals surface area contributed by atoms with E-state index in [1.165, 1.54) is 0 Å². The average molecular weight is 493 g/mol. The van der Waals surface area contributed by atoms with Crippen molar-refractivity contribution in [1.82, 2.24) is 4.98 Å². The van der Waals surface area contributed by atoms with Crippen molar-refractivity contribution in [3.8, 4) is 39.3 Å². The van der Waals surface area contributed by atoms with E-state index in [2.05, 4.69) is 33.0 Å². The summed E-state index contributed by atoms with van der Waals surface area (Å²) in [6.45, 7) is -0.0121. The van der Waals surface area contributed by atoms with Gasteiger partial charge in [0.1, 0.15) is 5.75 Å². The van der Waals surface area contributed by atoms with E-state index >= 15 is 0 Å². The SMILES string of the molecule is OCC1Cc2c(-c3ccc(Cl)cn3)cccc2-c2c(O)ccc(-c3ccc(Br)cc3)c21. The zero-order valence-electron chi connectivity index (χ0n) is 16.5. The average Bonchev–Trinajstić information content (AvgIpc) is 2.79. The van der Waals surface area contributed by atoms with Crippen LogP contribution in [0.1, 0.15) is 17.0 Å². The highest BCUT2D eigenvalue weighted by Gasteiger charge is 2.31. The second kappa shape index (κ2) is 8.12. The number of phenols is 1. The molecule has 5 rings (SSSR count). The number of rotatable bonds is 3. The maximum Gasteiger partial charge on any atom is 0.123 e. The maximum absolute atomic E-state index is 10.9. The first-order valence-corrected chi connectivity index (χ1v) is 11.2. The Morgan fingerprint density at radius 1 is 0.935 bits per heavy atom. The van der Waals surface area contributed by atoms with E-state index in [1.807, 2.05) is 48.5 Å². The van der Waals surface area contributed by atoms with Gasteiger partial charge in [-0.1, -0.05) is 63.9 Å². The van der Waals surface area contributed by atoms with Gasteiger partial charge >= 0.3 is 0 Å². The molecular formula is C26H19BrClNO2. The van der Waals surface area contributed by atoms with E-state index in [0.29, 0.717) is 11.4 Å². The first-order valence-electron chi connectivity index (χ1n) is 10.0. The molecule has 0 aliphatic heterocycles. The number of aromatic nitrogens is 1. The van der Waals surface area contributed by atoms with E-state index in [0.717, 1.165) is 49.1 Å². The van der Waals surface area contributed by atoms with Gasteiger partial charge in [-0.2, -0.15) is 0 Å². The lowest BCUT2D eigenvalue weighted by atomic mass is 9.74. The Morgan fingerprint density at radius 3 is 2.42 bits per heavy atom. The Bertz CT molecular complexity index is 1270. The fraction of sp³-hybridized carbons (Fsp3) is 0.115. The normalized spacial score (nSPS) is 14.7. The molecule has 154 valence electrons. The van der Waals surface area contributed by atoms with Gasteiger partial charge in [-0.3, -0.25) is 4.98 Å². The van der Waals surface area contributed by atoms with Crippen molar-refractivity contribution in [2.75, 3.05) is 6.61 Å². The Kier molecular flexibility index (Phi) is 5.30. The lowest BCUT2D eigenvalue weighted by molar-refractivity contribution is 0.264. The van der Waals surface area contributed by atoms with Crippen molar-refractivity contribution >= 4 is 27.5 Å². The molecule has 0 saturated heterocycles. The summed E-state index contributed by atoms with van der Waals surface area (Å²) in [6.07, 6.45) is 2.30. The minimum atomic E-state index is -0.137. The molecule has 0 radical (unpaired) electrons. The fourth-order valence-electron chi connectivity index (χ4n) is 4.52. The number of fused-ring (bicyclic) bond motifs is 3. The van der Waals surface area contributed by atoms with Crippen LogP contribution in [0.2, 0.25) is 5.02 Å². The molecule has 5 heteroatoms. The van der Waals surface area contributed by atoms with E-state index < -0.39 is 0 Å². The van der Waals surface area contributed by atoms with Gasteiger partial charge in [0.2, 0.25) is 0 Å².